The molecule has 0 radical (unpaired) electrons. The zero-order chi connectivity index (χ0) is 17.8. The molecule has 25 heavy (non-hydrogen) atoms. The average molecular weight is 354 g/mol. The fourth-order valence-electron chi connectivity index (χ4n) is 2.61. The third-order valence-corrected chi connectivity index (χ3v) is 4.10. The van der Waals surface area contributed by atoms with Gasteiger partial charge in [0, 0.05) is 22.9 Å². The molecule has 128 valence electrons. The number of benzene rings is 2. The molecule has 1 heterocycles. The van der Waals surface area contributed by atoms with E-state index in [0.29, 0.717) is 16.8 Å². The zero-order valence-electron chi connectivity index (χ0n) is 14.5. The molecule has 0 bridgehead atoms. The van der Waals surface area contributed by atoms with Crippen molar-refractivity contribution in [2.24, 2.45) is 0 Å². The zero-order valence-corrected chi connectivity index (χ0v) is 15.2. The van der Waals surface area contributed by atoms with Crippen LogP contribution in [0.1, 0.15) is 18.1 Å². The van der Waals surface area contributed by atoms with E-state index < -0.39 is 0 Å². The molecule has 1 aromatic heterocycles. The molecule has 0 saturated carbocycles. The van der Waals surface area contributed by atoms with Crippen LogP contribution in [0.4, 0.5) is 23.1 Å². The van der Waals surface area contributed by atoms with Crippen LogP contribution in [0.5, 0.6) is 0 Å². The minimum atomic E-state index is 0.560. The summed E-state index contributed by atoms with van der Waals surface area (Å²) in [6, 6.07) is 13.9. The van der Waals surface area contributed by atoms with Gasteiger partial charge in [0.25, 0.3) is 5.95 Å². The van der Waals surface area contributed by atoms with Crippen molar-refractivity contribution in [2.75, 3.05) is 16.8 Å². The number of aromatic nitrogens is 3. The molecule has 0 aliphatic rings. The van der Waals surface area contributed by atoms with Gasteiger partial charge in [0.2, 0.25) is 0 Å². The van der Waals surface area contributed by atoms with Crippen molar-refractivity contribution in [3.05, 3.63) is 64.8 Å². The SMILES string of the molecule is CCN(c1cccc(C)c1)c1nncc(Nc2ccc(Cl)cc2C)n1. The Morgan fingerprint density at radius 2 is 1.96 bits per heavy atom. The molecule has 0 spiro atoms. The number of aryl methyl sites for hydroxylation is 2. The monoisotopic (exact) mass is 353 g/mol. The summed E-state index contributed by atoms with van der Waals surface area (Å²) in [5.74, 6) is 1.20. The molecule has 0 fully saturated rings. The Morgan fingerprint density at radius 1 is 1.12 bits per heavy atom. The summed E-state index contributed by atoms with van der Waals surface area (Å²) in [6.07, 6.45) is 1.61. The van der Waals surface area contributed by atoms with Gasteiger partial charge in [-0.1, -0.05) is 23.7 Å². The van der Waals surface area contributed by atoms with Crippen LogP contribution in [0.3, 0.4) is 0 Å². The van der Waals surface area contributed by atoms with Crippen LogP contribution in [0.15, 0.2) is 48.7 Å². The van der Waals surface area contributed by atoms with E-state index >= 15 is 0 Å². The number of hydrogen-bond acceptors (Lipinski definition) is 5. The first-order valence-electron chi connectivity index (χ1n) is 8.14. The van der Waals surface area contributed by atoms with Gasteiger partial charge in [-0.15, -0.1) is 5.10 Å². The molecule has 3 aromatic rings. The van der Waals surface area contributed by atoms with Crippen LogP contribution in [0, 0.1) is 13.8 Å². The molecule has 2 aromatic carbocycles. The number of anilines is 4. The summed E-state index contributed by atoms with van der Waals surface area (Å²) in [5.41, 5.74) is 4.22. The summed E-state index contributed by atoms with van der Waals surface area (Å²) in [5, 5.41) is 12.3. The minimum Gasteiger partial charge on any atom is -0.339 e. The van der Waals surface area contributed by atoms with Crippen LogP contribution >= 0.6 is 11.6 Å². The van der Waals surface area contributed by atoms with Gasteiger partial charge >= 0.3 is 0 Å². The first kappa shape index (κ1) is 17.2. The normalized spacial score (nSPS) is 10.6. The second-order valence-electron chi connectivity index (χ2n) is 5.81. The van der Waals surface area contributed by atoms with E-state index in [-0.39, 0.29) is 0 Å². The lowest BCUT2D eigenvalue weighted by Crippen LogP contribution is -2.19. The first-order valence-corrected chi connectivity index (χ1v) is 8.51. The summed E-state index contributed by atoms with van der Waals surface area (Å²) in [7, 11) is 0. The highest BCUT2D eigenvalue weighted by atomic mass is 35.5. The summed E-state index contributed by atoms with van der Waals surface area (Å²) < 4.78 is 0. The van der Waals surface area contributed by atoms with E-state index in [1.165, 1.54) is 5.56 Å². The maximum absolute atomic E-state index is 6.01. The van der Waals surface area contributed by atoms with Crippen LogP contribution in [0.2, 0.25) is 5.02 Å². The summed E-state index contributed by atoms with van der Waals surface area (Å²) >= 11 is 6.01. The fraction of sp³-hybridized carbons (Fsp3) is 0.211. The standard InChI is InChI=1S/C19H20ClN5/c1-4-25(16-7-5-6-13(2)10-16)19-23-18(12-21-24-19)22-17-9-8-15(20)11-14(17)3/h5-12H,4H2,1-3H3,(H,22,23,24). The topological polar surface area (TPSA) is 53.9 Å². The molecule has 3 rings (SSSR count). The van der Waals surface area contributed by atoms with E-state index in [0.717, 1.165) is 23.5 Å². The maximum atomic E-state index is 6.01. The van der Waals surface area contributed by atoms with Crippen molar-refractivity contribution in [1.82, 2.24) is 15.2 Å². The third kappa shape index (κ3) is 4.06. The third-order valence-electron chi connectivity index (χ3n) is 3.87. The Morgan fingerprint density at radius 3 is 2.68 bits per heavy atom. The van der Waals surface area contributed by atoms with Crippen LogP contribution in [-0.4, -0.2) is 21.7 Å². The molecule has 6 heteroatoms. The molecule has 0 unspecified atom stereocenters. The predicted molar refractivity (Wildman–Crippen MR) is 103 cm³/mol. The van der Waals surface area contributed by atoms with Crippen molar-refractivity contribution in [1.29, 1.82) is 0 Å². The van der Waals surface area contributed by atoms with Gasteiger partial charge in [0.1, 0.15) is 0 Å². The van der Waals surface area contributed by atoms with Crippen molar-refractivity contribution in [3.63, 3.8) is 0 Å². The molecule has 0 saturated heterocycles. The Balaban J connectivity index is 1.90. The molecule has 0 amide bonds. The van der Waals surface area contributed by atoms with Crippen LogP contribution in [-0.2, 0) is 0 Å². The molecule has 1 N–H and O–H groups in total. The van der Waals surface area contributed by atoms with E-state index in [1.807, 2.05) is 42.2 Å². The second-order valence-corrected chi connectivity index (χ2v) is 6.25. The smallest absolute Gasteiger partial charge is 0.251 e. The Kier molecular flexibility index (Phi) is 5.14. The number of rotatable bonds is 5. The van der Waals surface area contributed by atoms with Gasteiger partial charge in [-0.05, 0) is 62.2 Å². The van der Waals surface area contributed by atoms with Gasteiger partial charge in [-0.2, -0.15) is 10.1 Å². The molecule has 5 nitrogen and oxygen atoms in total. The Labute approximate surface area is 152 Å². The van der Waals surface area contributed by atoms with E-state index in [1.54, 1.807) is 6.20 Å². The summed E-state index contributed by atoms with van der Waals surface area (Å²) in [6.45, 7) is 6.87. The lowest BCUT2D eigenvalue weighted by Gasteiger charge is -2.21. The lowest BCUT2D eigenvalue weighted by atomic mass is 10.2. The summed E-state index contributed by atoms with van der Waals surface area (Å²) in [4.78, 5) is 6.64. The quantitative estimate of drug-likeness (QED) is 0.696. The Bertz CT molecular complexity index is 881. The second kappa shape index (κ2) is 7.49. The highest BCUT2D eigenvalue weighted by molar-refractivity contribution is 6.30. The Hall–Kier alpha value is -2.66. The van der Waals surface area contributed by atoms with Crippen molar-refractivity contribution in [3.8, 4) is 0 Å². The van der Waals surface area contributed by atoms with Gasteiger partial charge in [-0.3, -0.25) is 0 Å². The fourth-order valence-corrected chi connectivity index (χ4v) is 2.84. The predicted octanol–water partition coefficient (Wildman–Crippen LogP) is 5.04. The number of halogens is 1. The average Bonchev–Trinajstić information content (AvgIpc) is 2.59. The van der Waals surface area contributed by atoms with Gasteiger partial charge in [-0.25, -0.2) is 0 Å². The van der Waals surface area contributed by atoms with E-state index in [9.17, 15) is 0 Å². The van der Waals surface area contributed by atoms with Crippen LogP contribution in [0.25, 0.3) is 0 Å². The number of nitrogens with one attached hydrogen (secondary N) is 1. The molecular weight excluding hydrogens is 334 g/mol. The highest BCUT2D eigenvalue weighted by Gasteiger charge is 2.12. The molecule has 0 atom stereocenters. The molecule has 0 aliphatic carbocycles. The van der Waals surface area contributed by atoms with E-state index in [4.69, 9.17) is 11.6 Å². The van der Waals surface area contributed by atoms with Crippen molar-refractivity contribution < 1.29 is 0 Å². The molecule has 0 aliphatic heterocycles. The lowest BCUT2D eigenvalue weighted by molar-refractivity contribution is 0.886. The maximum Gasteiger partial charge on any atom is 0.251 e. The first-order chi connectivity index (χ1) is 12.1. The number of nitrogens with zero attached hydrogens (tertiary/aromatic N) is 4. The van der Waals surface area contributed by atoms with Crippen molar-refractivity contribution >= 4 is 34.7 Å². The van der Waals surface area contributed by atoms with Gasteiger partial charge in [0.05, 0.1) is 6.20 Å². The largest absolute Gasteiger partial charge is 0.339 e. The van der Waals surface area contributed by atoms with E-state index in [2.05, 4.69) is 46.5 Å². The van der Waals surface area contributed by atoms with Crippen LogP contribution < -0.4 is 10.2 Å². The van der Waals surface area contributed by atoms with Crippen molar-refractivity contribution in [2.45, 2.75) is 20.8 Å². The highest BCUT2D eigenvalue weighted by Crippen LogP contribution is 2.25. The number of hydrogen-bond donors (Lipinski definition) is 1. The molecular formula is C19H20ClN5. The van der Waals surface area contributed by atoms with Gasteiger partial charge < -0.3 is 10.2 Å². The minimum absolute atomic E-state index is 0.560. The van der Waals surface area contributed by atoms with Gasteiger partial charge in [0.15, 0.2) is 5.82 Å².